The molecule has 0 atom stereocenters. The maximum atomic E-state index is 14.1. The van der Waals surface area contributed by atoms with Crippen molar-refractivity contribution < 1.29 is 28.2 Å². The van der Waals surface area contributed by atoms with Gasteiger partial charge in [-0.05, 0) is 60.9 Å². The number of nitrogens with zero attached hydrogens (tertiary/aromatic N) is 1. The van der Waals surface area contributed by atoms with Crippen molar-refractivity contribution in [3.8, 4) is 28.1 Å². The highest BCUT2D eigenvalue weighted by Gasteiger charge is 2.19. The molecule has 1 heterocycles. The molecule has 174 valence electrons. The van der Waals surface area contributed by atoms with E-state index in [0.717, 1.165) is 49.9 Å². The SMILES string of the molecule is CNc1cc(-c2c(F)cccc2F)cc(-c2cc(F)ccc2O)n1.O=C(O)C1CCCCC1. The quantitative estimate of drug-likeness (QED) is 0.432. The summed E-state index contributed by atoms with van der Waals surface area (Å²) in [5, 5.41) is 21.3. The fraction of sp³-hybridized carbons (Fsp3) is 0.280. The van der Waals surface area contributed by atoms with Crippen molar-refractivity contribution in [2.24, 2.45) is 5.92 Å². The molecule has 3 N–H and O–H groups in total. The fourth-order valence-electron chi connectivity index (χ4n) is 3.78. The highest BCUT2D eigenvalue weighted by atomic mass is 19.1. The third kappa shape index (κ3) is 6.03. The number of carbonyl (C=O) groups is 1. The van der Waals surface area contributed by atoms with Gasteiger partial charge in [0.05, 0.1) is 17.2 Å². The third-order valence-electron chi connectivity index (χ3n) is 5.52. The van der Waals surface area contributed by atoms with Gasteiger partial charge >= 0.3 is 5.97 Å². The Balaban J connectivity index is 0.000000286. The molecule has 0 unspecified atom stereocenters. The first-order valence-electron chi connectivity index (χ1n) is 10.7. The number of halogens is 3. The highest BCUT2D eigenvalue weighted by molar-refractivity contribution is 5.76. The first-order valence-corrected chi connectivity index (χ1v) is 10.7. The lowest BCUT2D eigenvalue weighted by Gasteiger charge is -2.16. The highest BCUT2D eigenvalue weighted by Crippen LogP contribution is 2.34. The summed E-state index contributed by atoms with van der Waals surface area (Å²) < 4.78 is 41.6. The number of aromatic hydroxyl groups is 1. The number of carboxylic acid groups (broad SMARTS) is 1. The van der Waals surface area contributed by atoms with Crippen LogP contribution in [0.2, 0.25) is 0 Å². The van der Waals surface area contributed by atoms with E-state index in [1.54, 1.807) is 7.05 Å². The van der Waals surface area contributed by atoms with Crippen LogP contribution in [0.15, 0.2) is 48.5 Å². The molecule has 0 bridgehead atoms. The number of phenols is 1. The Morgan fingerprint density at radius 3 is 2.24 bits per heavy atom. The second-order valence-electron chi connectivity index (χ2n) is 7.81. The first-order chi connectivity index (χ1) is 15.8. The molecule has 1 saturated carbocycles. The second-order valence-corrected chi connectivity index (χ2v) is 7.81. The van der Waals surface area contributed by atoms with Crippen molar-refractivity contribution in [2.75, 3.05) is 12.4 Å². The minimum Gasteiger partial charge on any atom is -0.507 e. The zero-order chi connectivity index (χ0) is 24.0. The zero-order valence-electron chi connectivity index (χ0n) is 18.1. The topological polar surface area (TPSA) is 82.5 Å². The van der Waals surface area contributed by atoms with Crippen LogP contribution in [0.25, 0.3) is 22.4 Å². The summed E-state index contributed by atoms with van der Waals surface area (Å²) in [6.45, 7) is 0. The van der Waals surface area contributed by atoms with Crippen molar-refractivity contribution in [1.29, 1.82) is 0 Å². The van der Waals surface area contributed by atoms with E-state index in [2.05, 4.69) is 10.3 Å². The smallest absolute Gasteiger partial charge is 0.306 e. The van der Waals surface area contributed by atoms with Gasteiger partial charge in [0, 0.05) is 12.6 Å². The van der Waals surface area contributed by atoms with Crippen LogP contribution in [-0.4, -0.2) is 28.2 Å². The summed E-state index contributed by atoms with van der Waals surface area (Å²) in [5.41, 5.74) is 0.332. The lowest BCUT2D eigenvalue weighted by atomic mass is 9.90. The summed E-state index contributed by atoms with van der Waals surface area (Å²) in [6, 6.07) is 9.86. The number of carboxylic acids is 1. The number of aromatic nitrogens is 1. The Hall–Kier alpha value is -3.55. The zero-order valence-corrected chi connectivity index (χ0v) is 18.1. The average Bonchev–Trinajstić information content (AvgIpc) is 2.81. The molecule has 0 radical (unpaired) electrons. The van der Waals surface area contributed by atoms with Crippen LogP contribution in [-0.2, 0) is 4.79 Å². The number of phenolic OH excluding ortho intramolecular Hbond substituents is 1. The number of pyridine rings is 1. The molecule has 1 fully saturated rings. The Labute approximate surface area is 189 Å². The maximum absolute atomic E-state index is 14.1. The monoisotopic (exact) mass is 458 g/mol. The van der Waals surface area contributed by atoms with E-state index in [1.807, 2.05) is 0 Å². The minimum absolute atomic E-state index is 0.0289. The number of rotatable bonds is 4. The number of anilines is 1. The van der Waals surface area contributed by atoms with Crippen molar-refractivity contribution in [3.05, 3.63) is 66.0 Å². The molecule has 1 aliphatic rings. The van der Waals surface area contributed by atoms with Crippen molar-refractivity contribution >= 4 is 11.8 Å². The maximum Gasteiger partial charge on any atom is 0.306 e. The summed E-state index contributed by atoms with van der Waals surface area (Å²) in [7, 11) is 1.60. The van der Waals surface area contributed by atoms with Gasteiger partial charge < -0.3 is 15.5 Å². The second kappa shape index (κ2) is 10.8. The molecule has 0 aliphatic heterocycles. The standard InChI is InChI=1S/C18H13F3N2O.C7H12O2/c1-22-17-8-10(18-13(20)3-2-4-14(18)21)7-15(23-17)12-9-11(19)5-6-16(12)24;8-7(9)6-4-2-1-3-5-6/h2-9,24H,1H3,(H,22,23);6H,1-5H2,(H,8,9). The van der Waals surface area contributed by atoms with Crippen LogP contribution in [0.4, 0.5) is 19.0 Å². The van der Waals surface area contributed by atoms with Crippen LogP contribution in [0.5, 0.6) is 5.75 Å². The minimum atomic E-state index is -0.724. The lowest BCUT2D eigenvalue weighted by Crippen LogP contribution is -2.16. The van der Waals surface area contributed by atoms with E-state index in [4.69, 9.17) is 5.11 Å². The number of nitrogens with one attached hydrogen (secondary N) is 1. The van der Waals surface area contributed by atoms with E-state index in [9.17, 15) is 23.1 Å². The molecule has 8 heteroatoms. The third-order valence-corrected chi connectivity index (χ3v) is 5.52. The van der Waals surface area contributed by atoms with Crippen LogP contribution in [0.1, 0.15) is 32.1 Å². The van der Waals surface area contributed by atoms with Gasteiger partial charge in [0.1, 0.15) is 29.0 Å². The largest absolute Gasteiger partial charge is 0.507 e. The molecule has 0 spiro atoms. The van der Waals surface area contributed by atoms with Crippen molar-refractivity contribution in [1.82, 2.24) is 4.98 Å². The van der Waals surface area contributed by atoms with Gasteiger partial charge in [0.25, 0.3) is 0 Å². The Kier molecular flexibility index (Phi) is 7.92. The predicted molar refractivity (Wildman–Crippen MR) is 120 cm³/mol. The van der Waals surface area contributed by atoms with Gasteiger partial charge in [-0.3, -0.25) is 4.79 Å². The van der Waals surface area contributed by atoms with Gasteiger partial charge in [-0.25, -0.2) is 18.2 Å². The molecule has 33 heavy (non-hydrogen) atoms. The Bertz CT molecular complexity index is 1110. The van der Waals surface area contributed by atoms with Gasteiger partial charge in [-0.15, -0.1) is 0 Å². The number of aliphatic carboxylic acids is 1. The van der Waals surface area contributed by atoms with E-state index >= 15 is 0 Å². The first kappa shape index (κ1) is 24.1. The van der Waals surface area contributed by atoms with Gasteiger partial charge in [0.2, 0.25) is 0 Å². The van der Waals surface area contributed by atoms with Gasteiger partial charge in [0.15, 0.2) is 0 Å². The van der Waals surface area contributed by atoms with Gasteiger partial charge in [-0.2, -0.15) is 0 Å². The molecular weight excluding hydrogens is 433 g/mol. The number of hydrogen-bond donors (Lipinski definition) is 3. The van der Waals surface area contributed by atoms with Crippen molar-refractivity contribution in [2.45, 2.75) is 32.1 Å². The summed E-state index contributed by atoms with van der Waals surface area (Å²) in [5.74, 6) is -2.49. The predicted octanol–water partition coefficient (Wildman–Crippen LogP) is 6.23. The van der Waals surface area contributed by atoms with E-state index in [0.29, 0.717) is 5.82 Å². The normalized spacial score (nSPS) is 13.7. The molecule has 0 saturated heterocycles. The van der Waals surface area contributed by atoms with Gasteiger partial charge in [-0.1, -0.05) is 25.3 Å². The van der Waals surface area contributed by atoms with Crippen LogP contribution in [0, 0.1) is 23.4 Å². The molecule has 2 aromatic carbocycles. The Morgan fingerprint density at radius 1 is 1.00 bits per heavy atom. The van der Waals surface area contributed by atoms with Crippen LogP contribution >= 0.6 is 0 Å². The molecule has 1 aromatic heterocycles. The molecule has 5 nitrogen and oxygen atoms in total. The van der Waals surface area contributed by atoms with E-state index in [1.165, 1.54) is 30.7 Å². The summed E-state index contributed by atoms with van der Waals surface area (Å²) >= 11 is 0. The van der Waals surface area contributed by atoms with Crippen molar-refractivity contribution in [3.63, 3.8) is 0 Å². The molecular formula is C25H25F3N2O3. The summed E-state index contributed by atoms with van der Waals surface area (Å²) in [6.07, 6.45) is 5.24. The number of hydrogen-bond acceptors (Lipinski definition) is 4. The molecule has 3 aromatic rings. The summed E-state index contributed by atoms with van der Waals surface area (Å²) in [4.78, 5) is 14.6. The molecule has 0 amide bonds. The fourth-order valence-corrected chi connectivity index (χ4v) is 3.78. The van der Waals surface area contributed by atoms with E-state index in [-0.39, 0.29) is 34.1 Å². The Morgan fingerprint density at radius 2 is 1.67 bits per heavy atom. The lowest BCUT2D eigenvalue weighted by molar-refractivity contribution is -0.142. The number of benzene rings is 2. The average molecular weight is 458 g/mol. The molecule has 4 rings (SSSR count). The molecule has 1 aliphatic carbocycles. The van der Waals surface area contributed by atoms with Crippen LogP contribution in [0.3, 0.4) is 0 Å². The van der Waals surface area contributed by atoms with Crippen LogP contribution < -0.4 is 5.32 Å². The van der Waals surface area contributed by atoms with E-state index < -0.39 is 23.4 Å².